The Hall–Kier alpha value is -7.85. The molecule has 7 N–H and O–H groups in total. The first kappa shape index (κ1) is 54.9. The van der Waals surface area contributed by atoms with E-state index in [4.69, 9.17) is 4.74 Å². The lowest BCUT2D eigenvalue weighted by Crippen LogP contribution is -2.57. The molecule has 0 radical (unpaired) electrons. The molecule has 21 nitrogen and oxygen atoms in total. The van der Waals surface area contributed by atoms with Crippen molar-refractivity contribution in [3.8, 4) is 27.6 Å². The third kappa shape index (κ3) is 14.3. The second-order valence-corrected chi connectivity index (χ2v) is 20.4. The number of aryl methyl sites for hydroxylation is 2. The minimum absolute atomic E-state index is 0.0131. The van der Waals surface area contributed by atoms with E-state index in [1.54, 1.807) is 53.8 Å². The van der Waals surface area contributed by atoms with Crippen molar-refractivity contribution < 1.29 is 33.8 Å². The van der Waals surface area contributed by atoms with Gasteiger partial charge in [-0.25, -0.2) is 15.0 Å². The zero-order chi connectivity index (χ0) is 53.8. The van der Waals surface area contributed by atoms with E-state index in [9.17, 15) is 29.1 Å². The van der Waals surface area contributed by atoms with Crippen molar-refractivity contribution in [3.63, 3.8) is 0 Å². The lowest BCUT2D eigenvalue weighted by molar-refractivity contribution is -0.144. The number of nitrogens with zero attached hydrogens (tertiary/aromatic N) is 8. The Balaban J connectivity index is 0.830. The number of pyridine rings is 1. The van der Waals surface area contributed by atoms with Gasteiger partial charge in [0.05, 0.1) is 52.3 Å². The minimum Gasteiger partial charge on any atom is -0.494 e. The van der Waals surface area contributed by atoms with Gasteiger partial charge in [-0.3, -0.25) is 28.7 Å². The number of anilines is 4. The highest BCUT2D eigenvalue weighted by atomic mass is 32.1. The van der Waals surface area contributed by atoms with E-state index in [-0.39, 0.29) is 55.4 Å². The molecule has 0 saturated carbocycles. The number of methoxy groups -OCH3 is 1. The summed E-state index contributed by atoms with van der Waals surface area (Å²) < 4.78 is 7.33. The number of aromatic nitrogens is 7. The molecule has 0 unspecified atom stereocenters. The molecule has 0 bridgehead atoms. The zero-order valence-electron chi connectivity index (χ0n) is 43.6. The van der Waals surface area contributed by atoms with Crippen LogP contribution in [0.15, 0.2) is 78.7 Å². The molecule has 5 heterocycles. The number of ether oxygens (including phenoxy) is 1. The fraction of sp³-hybridized carbons (Fsp3) is 0.415. The number of unbranched alkanes of at least 4 members (excludes halogenated alkanes) is 3. The summed E-state index contributed by atoms with van der Waals surface area (Å²) in [4.78, 5) is 82.3. The van der Waals surface area contributed by atoms with Crippen LogP contribution in [0.1, 0.15) is 106 Å². The molecule has 6 aromatic rings. The van der Waals surface area contributed by atoms with Gasteiger partial charge in [-0.15, -0.1) is 21.5 Å². The second kappa shape index (κ2) is 24.9. The number of aliphatic hydroxyl groups is 1. The van der Waals surface area contributed by atoms with E-state index < -0.39 is 35.4 Å². The van der Waals surface area contributed by atoms with Crippen LogP contribution in [0.25, 0.3) is 21.8 Å². The first-order valence-corrected chi connectivity index (χ1v) is 25.8. The molecule has 396 valence electrons. The third-order valence-electron chi connectivity index (χ3n) is 12.8. The number of para-hydroxylation sites is 1. The van der Waals surface area contributed by atoms with Crippen LogP contribution < -0.4 is 36.6 Å². The molecule has 4 atom stereocenters. The molecule has 22 heteroatoms. The lowest BCUT2D eigenvalue weighted by atomic mass is 9.85. The number of hydrogen-bond donors (Lipinski definition) is 7. The average Bonchev–Trinajstić information content (AvgIpc) is 4.15. The van der Waals surface area contributed by atoms with E-state index in [0.717, 1.165) is 33.7 Å². The van der Waals surface area contributed by atoms with Gasteiger partial charge < -0.3 is 46.6 Å². The molecule has 5 amide bonds. The molecule has 1 saturated heterocycles. The number of thiazole rings is 1. The summed E-state index contributed by atoms with van der Waals surface area (Å²) in [5.41, 5.74) is 6.41. The number of aliphatic hydroxyl groups excluding tert-OH is 1. The number of amides is 5. The number of carbonyl (C=O) groups is 5. The fourth-order valence-corrected chi connectivity index (χ4v) is 9.48. The van der Waals surface area contributed by atoms with E-state index >= 15 is 0 Å². The van der Waals surface area contributed by atoms with Gasteiger partial charge in [0, 0.05) is 58.7 Å². The average molecular weight is 1040 g/mol. The summed E-state index contributed by atoms with van der Waals surface area (Å²) in [5, 5.41) is 41.3. The molecule has 1 aliphatic heterocycles. The lowest BCUT2D eigenvalue weighted by Gasteiger charge is -2.35. The number of likely N-dealkylation sites (tertiary alicyclic amines) is 1. The van der Waals surface area contributed by atoms with Crippen molar-refractivity contribution in [2.75, 3.05) is 31.3 Å². The predicted molar refractivity (Wildman–Crippen MR) is 285 cm³/mol. The zero-order valence-corrected chi connectivity index (χ0v) is 44.4. The van der Waals surface area contributed by atoms with Gasteiger partial charge in [0.25, 0.3) is 5.91 Å². The van der Waals surface area contributed by atoms with E-state index in [0.29, 0.717) is 65.8 Å². The number of nitrogens with one attached hydrogen (secondary N) is 6. The second-order valence-electron chi connectivity index (χ2n) is 19.6. The standard InChI is InChI=1S/C53H66N14O7S/c1-31(34-19-21-35(22-20-34)47-32(2)58-30-75-47)59-50(71)40-24-36(68)28-67(40)52(73)48(53(3,4)5)62-44(70)17-12-10-9-11-16-43(69)56-27-33-18-23-41(55-26-33)61-42-25-39(45(64-63-42)51(72)54-6)60-38-15-13-14-37(46(38)74-8)49-57-29-66(7)65-49/h13-15,18-23,25-26,29-31,36,40,48,68H,9-12,16-17,24,27-28H2,1-8H3,(H,54,72)(H,56,69)(H,59,71)(H,62,70)(H2,55,60,61,63)/t31-,36+,40-,48+/m0/s1. The highest BCUT2D eigenvalue weighted by molar-refractivity contribution is 7.13. The molecular weight excluding hydrogens is 977 g/mol. The van der Waals surface area contributed by atoms with Gasteiger partial charge in [-0.1, -0.05) is 70.0 Å². The topological polar surface area (TPSA) is 272 Å². The van der Waals surface area contributed by atoms with Crippen molar-refractivity contribution in [3.05, 3.63) is 101 Å². The molecule has 0 spiro atoms. The Labute approximate surface area is 440 Å². The Bertz CT molecular complexity index is 2960. The van der Waals surface area contributed by atoms with Crippen LogP contribution in [0, 0.1) is 12.3 Å². The maximum atomic E-state index is 14.1. The van der Waals surface area contributed by atoms with Gasteiger partial charge >= 0.3 is 0 Å². The smallest absolute Gasteiger partial charge is 0.273 e. The fourth-order valence-electron chi connectivity index (χ4n) is 8.67. The van der Waals surface area contributed by atoms with Crippen LogP contribution in [0.5, 0.6) is 5.75 Å². The summed E-state index contributed by atoms with van der Waals surface area (Å²) in [5.74, 6) is 0.0800. The van der Waals surface area contributed by atoms with Crippen LogP contribution >= 0.6 is 11.3 Å². The normalized spacial score (nSPS) is 15.1. The van der Waals surface area contributed by atoms with Crippen molar-refractivity contribution in [1.82, 2.24) is 61.1 Å². The summed E-state index contributed by atoms with van der Waals surface area (Å²) in [6.45, 7) is 9.67. The molecule has 0 aliphatic carbocycles. The molecule has 4 aromatic heterocycles. The van der Waals surface area contributed by atoms with E-state index in [1.807, 2.05) is 82.6 Å². The van der Waals surface area contributed by atoms with Gasteiger partial charge in [0.1, 0.15) is 24.2 Å². The number of hydrogen-bond acceptors (Lipinski definition) is 16. The van der Waals surface area contributed by atoms with Crippen LogP contribution in [0.2, 0.25) is 0 Å². The molecule has 75 heavy (non-hydrogen) atoms. The van der Waals surface area contributed by atoms with Gasteiger partial charge in [0.2, 0.25) is 23.6 Å². The van der Waals surface area contributed by atoms with Crippen LogP contribution in [0.3, 0.4) is 0 Å². The van der Waals surface area contributed by atoms with Crippen molar-refractivity contribution in [2.24, 2.45) is 12.5 Å². The number of rotatable bonds is 22. The highest BCUT2D eigenvalue weighted by Crippen LogP contribution is 2.37. The summed E-state index contributed by atoms with van der Waals surface area (Å²) in [6.07, 6.45) is 5.58. The SMILES string of the molecule is CNC(=O)c1nnc(Nc2ccc(CNC(=O)CCCCCCC(=O)N[C@H](C(=O)N3C[C@H](O)C[C@H]3C(=O)N[C@@H](C)c3ccc(-c4scnc4C)cc3)C(C)(C)C)cn2)cc1Nc1cccc(-c2ncn(C)n2)c1OC. The van der Waals surface area contributed by atoms with E-state index in [2.05, 4.69) is 62.1 Å². The molecule has 7 rings (SSSR count). The first-order chi connectivity index (χ1) is 35.9. The number of β-amino-alcohol motifs (C(OH)–C–C–N with tert-alkyl or cyclic N) is 1. The van der Waals surface area contributed by atoms with E-state index in [1.165, 1.54) is 19.1 Å². The van der Waals surface area contributed by atoms with Gasteiger partial charge in [0.15, 0.2) is 23.1 Å². The van der Waals surface area contributed by atoms with Crippen LogP contribution in [-0.4, -0.2) is 113 Å². The maximum absolute atomic E-state index is 14.1. The van der Waals surface area contributed by atoms with Crippen molar-refractivity contribution in [2.45, 2.75) is 110 Å². The van der Waals surface area contributed by atoms with Crippen molar-refractivity contribution in [1.29, 1.82) is 0 Å². The Kier molecular flexibility index (Phi) is 18.2. The van der Waals surface area contributed by atoms with Crippen LogP contribution in [0.4, 0.5) is 23.0 Å². The highest BCUT2D eigenvalue weighted by Gasteiger charge is 2.44. The third-order valence-corrected chi connectivity index (χ3v) is 13.7. The summed E-state index contributed by atoms with van der Waals surface area (Å²) >= 11 is 1.57. The Morgan fingerprint density at radius 3 is 2.27 bits per heavy atom. The maximum Gasteiger partial charge on any atom is 0.273 e. The Morgan fingerprint density at radius 2 is 1.63 bits per heavy atom. The Morgan fingerprint density at radius 1 is 0.880 bits per heavy atom. The largest absolute Gasteiger partial charge is 0.494 e. The summed E-state index contributed by atoms with van der Waals surface area (Å²) in [6, 6.07) is 16.4. The monoisotopic (exact) mass is 1040 g/mol. The number of carbonyl (C=O) groups excluding carboxylic acids is 5. The first-order valence-electron chi connectivity index (χ1n) is 24.9. The quantitative estimate of drug-likeness (QED) is 0.0369. The molecular formula is C53H66N14O7S. The molecule has 2 aromatic carbocycles. The number of benzene rings is 2. The van der Waals surface area contributed by atoms with Gasteiger partial charge in [-0.05, 0) is 67.0 Å². The van der Waals surface area contributed by atoms with Crippen molar-refractivity contribution >= 4 is 63.9 Å². The van der Waals surface area contributed by atoms with Gasteiger partial charge in [-0.2, -0.15) is 5.10 Å². The molecule has 1 fully saturated rings. The predicted octanol–water partition coefficient (Wildman–Crippen LogP) is 6.28. The van der Waals surface area contributed by atoms with Crippen LogP contribution in [-0.2, 0) is 32.8 Å². The minimum atomic E-state index is -0.923. The summed E-state index contributed by atoms with van der Waals surface area (Å²) in [7, 11) is 4.81. The molecule has 1 aliphatic rings.